The van der Waals surface area contributed by atoms with Crippen molar-refractivity contribution in [1.82, 2.24) is 0 Å². The van der Waals surface area contributed by atoms with E-state index in [2.05, 4.69) is 33.4 Å². The van der Waals surface area contributed by atoms with E-state index in [0.717, 1.165) is 23.0 Å². The quantitative estimate of drug-likeness (QED) is 0.606. The summed E-state index contributed by atoms with van der Waals surface area (Å²) in [6, 6.07) is 11.2. The predicted molar refractivity (Wildman–Crippen MR) is 86.9 cm³/mol. The molecule has 1 unspecified atom stereocenters. The van der Waals surface area contributed by atoms with Crippen LogP contribution in [0.2, 0.25) is 5.02 Å². The minimum atomic E-state index is -0.478. The third-order valence-electron chi connectivity index (χ3n) is 3.67. The van der Waals surface area contributed by atoms with Gasteiger partial charge in [0.2, 0.25) is 0 Å². The molecule has 0 saturated heterocycles. The van der Waals surface area contributed by atoms with E-state index >= 15 is 0 Å². The highest BCUT2D eigenvalue weighted by Crippen LogP contribution is 2.36. The fourth-order valence-electron chi connectivity index (χ4n) is 2.68. The number of benzene rings is 2. The van der Waals surface area contributed by atoms with Crippen LogP contribution in [0.15, 0.2) is 40.9 Å². The van der Waals surface area contributed by atoms with Crippen molar-refractivity contribution in [2.24, 2.45) is 0 Å². The van der Waals surface area contributed by atoms with Gasteiger partial charge < -0.3 is 5.32 Å². The van der Waals surface area contributed by atoms with Crippen molar-refractivity contribution < 1.29 is 4.92 Å². The average Bonchev–Trinajstić information content (AvgIpc) is 2.80. The van der Waals surface area contributed by atoms with Gasteiger partial charge in [-0.15, -0.1) is 0 Å². The van der Waals surface area contributed by atoms with E-state index in [1.165, 1.54) is 17.2 Å². The summed E-state index contributed by atoms with van der Waals surface area (Å²) >= 11 is 9.42. The van der Waals surface area contributed by atoms with E-state index in [9.17, 15) is 10.1 Å². The molecule has 3 rings (SSSR count). The molecule has 0 spiro atoms. The fraction of sp³-hybridized carbons (Fsp3) is 0.200. The highest BCUT2D eigenvalue weighted by Gasteiger charge is 2.23. The van der Waals surface area contributed by atoms with Gasteiger partial charge in [0.1, 0.15) is 5.02 Å². The number of hydrogen-bond acceptors (Lipinski definition) is 3. The van der Waals surface area contributed by atoms with Crippen molar-refractivity contribution in [3.8, 4) is 0 Å². The summed E-state index contributed by atoms with van der Waals surface area (Å²) in [4.78, 5) is 10.3. The van der Waals surface area contributed by atoms with E-state index in [1.54, 1.807) is 12.1 Å². The molecule has 1 aliphatic rings. The van der Waals surface area contributed by atoms with Crippen molar-refractivity contribution in [2.75, 3.05) is 5.32 Å². The molecule has 0 heterocycles. The Morgan fingerprint density at radius 3 is 2.81 bits per heavy atom. The minimum absolute atomic E-state index is 0.0713. The molecule has 2 aromatic carbocycles. The lowest BCUT2D eigenvalue weighted by Gasteiger charge is -2.16. The van der Waals surface area contributed by atoms with E-state index in [0.29, 0.717) is 0 Å². The van der Waals surface area contributed by atoms with Crippen molar-refractivity contribution >= 4 is 38.9 Å². The summed E-state index contributed by atoms with van der Waals surface area (Å²) in [6.45, 7) is 0. The standard InChI is InChI=1S/C15H12BrClN2O2/c16-10-2-4-12-9(7-10)1-5-14(12)18-11-3-6-15(19(20)21)13(17)8-11/h2-4,6-8,14,18H,1,5H2. The van der Waals surface area contributed by atoms with Crippen LogP contribution in [0, 0.1) is 10.1 Å². The van der Waals surface area contributed by atoms with Crippen LogP contribution < -0.4 is 5.32 Å². The Morgan fingerprint density at radius 1 is 1.29 bits per heavy atom. The monoisotopic (exact) mass is 366 g/mol. The molecule has 0 aromatic heterocycles. The van der Waals surface area contributed by atoms with Crippen molar-refractivity contribution in [1.29, 1.82) is 0 Å². The van der Waals surface area contributed by atoms with Crippen molar-refractivity contribution in [3.63, 3.8) is 0 Å². The number of nitro benzene ring substituents is 1. The van der Waals surface area contributed by atoms with Crippen LogP contribution in [0.4, 0.5) is 11.4 Å². The van der Waals surface area contributed by atoms with Crippen LogP contribution >= 0.6 is 27.5 Å². The lowest BCUT2D eigenvalue weighted by Crippen LogP contribution is -2.07. The van der Waals surface area contributed by atoms with E-state index in [1.807, 2.05) is 6.07 Å². The molecule has 1 N–H and O–H groups in total. The number of rotatable bonds is 3. The van der Waals surface area contributed by atoms with Crippen LogP contribution in [0.3, 0.4) is 0 Å². The Kier molecular flexibility index (Phi) is 3.87. The van der Waals surface area contributed by atoms with Gasteiger partial charge in [0.25, 0.3) is 5.69 Å². The van der Waals surface area contributed by atoms with Crippen LogP contribution in [0.5, 0.6) is 0 Å². The number of nitro groups is 1. The normalized spacial score (nSPS) is 16.6. The summed E-state index contributed by atoms with van der Waals surface area (Å²) in [6.07, 6.45) is 2.02. The molecule has 0 amide bonds. The molecule has 21 heavy (non-hydrogen) atoms. The third-order valence-corrected chi connectivity index (χ3v) is 4.46. The minimum Gasteiger partial charge on any atom is -0.378 e. The first-order valence-corrected chi connectivity index (χ1v) is 7.70. The number of fused-ring (bicyclic) bond motifs is 1. The molecular weight excluding hydrogens is 356 g/mol. The number of hydrogen-bond donors (Lipinski definition) is 1. The second-order valence-electron chi connectivity index (χ2n) is 5.00. The second-order valence-corrected chi connectivity index (χ2v) is 6.32. The van der Waals surface area contributed by atoms with Gasteiger partial charge in [-0.3, -0.25) is 10.1 Å². The Balaban J connectivity index is 1.83. The summed E-state index contributed by atoms with van der Waals surface area (Å²) in [5.74, 6) is 0. The van der Waals surface area contributed by atoms with E-state index in [4.69, 9.17) is 11.6 Å². The van der Waals surface area contributed by atoms with E-state index in [-0.39, 0.29) is 16.8 Å². The topological polar surface area (TPSA) is 55.2 Å². The third kappa shape index (κ3) is 2.89. The number of aryl methyl sites for hydroxylation is 1. The first-order chi connectivity index (χ1) is 10.0. The van der Waals surface area contributed by atoms with Gasteiger partial charge >= 0.3 is 0 Å². The first kappa shape index (κ1) is 14.4. The zero-order valence-electron chi connectivity index (χ0n) is 11.0. The maximum atomic E-state index is 10.8. The smallest absolute Gasteiger partial charge is 0.288 e. The van der Waals surface area contributed by atoms with E-state index < -0.39 is 4.92 Å². The van der Waals surface area contributed by atoms with Crippen molar-refractivity contribution in [3.05, 3.63) is 67.1 Å². The van der Waals surface area contributed by atoms with Gasteiger partial charge in [0.15, 0.2) is 0 Å². The SMILES string of the molecule is O=[N+]([O-])c1ccc(NC2CCc3cc(Br)ccc32)cc1Cl. The molecular formula is C15H12BrClN2O2. The van der Waals surface area contributed by atoms with Crippen LogP contribution in [0.25, 0.3) is 0 Å². The van der Waals surface area contributed by atoms with Gasteiger partial charge in [0, 0.05) is 16.2 Å². The zero-order chi connectivity index (χ0) is 15.0. The number of nitrogens with zero attached hydrogens (tertiary/aromatic N) is 1. The lowest BCUT2D eigenvalue weighted by atomic mass is 10.1. The van der Waals surface area contributed by atoms with Gasteiger partial charge in [-0.2, -0.15) is 0 Å². The average molecular weight is 368 g/mol. The summed E-state index contributed by atoms with van der Waals surface area (Å²) in [7, 11) is 0. The predicted octanol–water partition coefficient (Wildman–Crippen LogP) is 5.11. The highest BCUT2D eigenvalue weighted by molar-refractivity contribution is 9.10. The van der Waals surface area contributed by atoms with Crippen molar-refractivity contribution in [2.45, 2.75) is 18.9 Å². The molecule has 1 atom stereocenters. The molecule has 6 heteroatoms. The van der Waals surface area contributed by atoms with Gasteiger partial charge in [0.05, 0.1) is 11.0 Å². The molecule has 0 bridgehead atoms. The molecule has 0 saturated carbocycles. The van der Waals surface area contributed by atoms with Gasteiger partial charge in [-0.05, 0) is 48.2 Å². The van der Waals surface area contributed by atoms with Crippen LogP contribution in [0.1, 0.15) is 23.6 Å². The summed E-state index contributed by atoms with van der Waals surface area (Å²) in [5.41, 5.74) is 3.33. The molecule has 0 aliphatic heterocycles. The van der Waals surface area contributed by atoms with Crippen LogP contribution in [-0.2, 0) is 6.42 Å². The summed E-state index contributed by atoms with van der Waals surface area (Å²) in [5, 5.41) is 14.3. The number of nitrogens with one attached hydrogen (secondary N) is 1. The summed E-state index contributed by atoms with van der Waals surface area (Å²) < 4.78 is 1.08. The Bertz CT molecular complexity index is 721. The largest absolute Gasteiger partial charge is 0.378 e. The zero-order valence-corrected chi connectivity index (χ0v) is 13.3. The number of anilines is 1. The van der Waals surface area contributed by atoms with Gasteiger partial charge in [-0.1, -0.05) is 33.6 Å². The molecule has 2 aromatic rings. The molecule has 4 nitrogen and oxygen atoms in total. The Hall–Kier alpha value is -1.59. The maximum absolute atomic E-state index is 10.8. The highest BCUT2D eigenvalue weighted by atomic mass is 79.9. The molecule has 0 fully saturated rings. The van der Waals surface area contributed by atoms with Crippen LogP contribution in [-0.4, -0.2) is 4.92 Å². The molecule has 108 valence electrons. The molecule has 0 radical (unpaired) electrons. The number of halogens is 2. The first-order valence-electron chi connectivity index (χ1n) is 6.53. The fourth-order valence-corrected chi connectivity index (χ4v) is 3.34. The second kappa shape index (κ2) is 5.66. The lowest BCUT2D eigenvalue weighted by molar-refractivity contribution is -0.384. The Labute approximate surface area is 135 Å². The van der Waals surface area contributed by atoms with Gasteiger partial charge in [-0.25, -0.2) is 0 Å². The maximum Gasteiger partial charge on any atom is 0.288 e. The molecule has 1 aliphatic carbocycles. The Morgan fingerprint density at radius 2 is 2.10 bits per heavy atom.